The lowest BCUT2D eigenvalue weighted by molar-refractivity contribution is -0.196. The van der Waals surface area contributed by atoms with Gasteiger partial charge in [0.15, 0.2) is 0 Å². The standard InChI is InChI=1S/C13H29NO4P/c1-8-17-19(16,18-9-2)12(13(5,6)7)14(15)10-11(3)4/h11-12H,8-10H2,1-7H3. The van der Waals surface area contributed by atoms with Gasteiger partial charge in [-0.2, -0.15) is 0 Å². The predicted octanol–water partition coefficient (Wildman–Crippen LogP) is 3.93. The summed E-state index contributed by atoms with van der Waals surface area (Å²) in [5, 5.41) is 13.3. The summed E-state index contributed by atoms with van der Waals surface area (Å²) in [6.07, 6.45) is 0. The summed E-state index contributed by atoms with van der Waals surface area (Å²) in [6.45, 7) is 13.9. The van der Waals surface area contributed by atoms with Gasteiger partial charge in [0.25, 0.3) is 0 Å². The third-order valence-electron chi connectivity index (χ3n) is 2.51. The van der Waals surface area contributed by atoms with Crippen LogP contribution in [0.2, 0.25) is 0 Å². The fraction of sp³-hybridized carbons (Fsp3) is 1.00. The van der Waals surface area contributed by atoms with Gasteiger partial charge < -0.3 is 9.05 Å². The fourth-order valence-electron chi connectivity index (χ4n) is 2.06. The molecule has 1 radical (unpaired) electrons. The van der Waals surface area contributed by atoms with Gasteiger partial charge in [0.1, 0.15) is 5.78 Å². The van der Waals surface area contributed by atoms with Gasteiger partial charge in [0, 0.05) is 6.54 Å². The lowest BCUT2D eigenvalue weighted by Crippen LogP contribution is -2.43. The van der Waals surface area contributed by atoms with E-state index in [0.717, 1.165) is 5.06 Å². The maximum absolute atomic E-state index is 12.9. The van der Waals surface area contributed by atoms with Crippen LogP contribution >= 0.6 is 7.60 Å². The van der Waals surface area contributed by atoms with Gasteiger partial charge in [-0.05, 0) is 25.2 Å². The minimum absolute atomic E-state index is 0.194. The van der Waals surface area contributed by atoms with Crippen molar-refractivity contribution in [1.82, 2.24) is 5.06 Å². The van der Waals surface area contributed by atoms with Crippen molar-refractivity contribution >= 4 is 7.60 Å². The van der Waals surface area contributed by atoms with E-state index in [4.69, 9.17) is 9.05 Å². The minimum atomic E-state index is -3.45. The van der Waals surface area contributed by atoms with Crippen LogP contribution in [-0.4, -0.2) is 30.6 Å². The summed E-state index contributed by atoms with van der Waals surface area (Å²) in [6, 6.07) is 0. The van der Waals surface area contributed by atoms with Gasteiger partial charge in [0.2, 0.25) is 0 Å². The molecular formula is C13H29NO4P. The van der Waals surface area contributed by atoms with Crippen LogP contribution in [0, 0.1) is 11.3 Å². The summed E-state index contributed by atoms with van der Waals surface area (Å²) in [4.78, 5) is 0. The molecule has 0 bridgehead atoms. The van der Waals surface area contributed by atoms with Crippen LogP contribution in [0.25, 0.3) is 0 Å². The Morgan fingerprint density at radius 2 is 1.53 bits per heavy atom. The third kappa shape index (κ3) is 5.92. The highest BCUT2D eigenvalue weighted by Gasteiger charge is 2.47. The van der Waals surface area contributed by atoms with Gasteiger partial charge in [-0.3, -0.25) is 4.57 Å². The second-order valence-corrected chi connectivity index (χ2v) is 8.19. The first-order chi connectivity index (χ1) is 8.58. The highest BCUT2D eigenvalue weighted by atomic mass is 31.2. The smallest absolute Gasteiger partial charge is 0.308 e. The van der Waals surface area contributed by atoms with Gasteiger partial charge in [-0.25, -0.2) is 0 Å². The zero-order chi connectivity index (χ0) is 15.3. The van der Waals surface area contributed by atoms with Gasteiger partial charge in [-0.15, -0.1) is 10.3 Å². The van der Waals surface area contributed by atoms with E-state index in [9.17, 15) is 9.77 Å². The largest absolute Gasteiger partial charge is 0.350 e. The molecule has 0 aliphatic carbocycles. The van der Waals surface area contributed by atoms with E-state index in [1.165, 1.54) is 0 Å². The molecule has 0 spiro atoms. The van der Waals surface area contributed by atoms with Crippen LogP contribution < -0.4 is 0 Å². The SMILES string of the molecule is CCOP(=O)(OCC)C(N([O])CC(C)C)C(C)(C)C. The molecule has 0 aromatic carbocycles. The van der Waals surface area contributed by atoms with Gasteiger partial charge in [0.05, 0.1) is 13.2 Å². The molecule has 0 aliphatic rings. The monoisotopic (exact) mass is 294 g/mol. The van der Waals surface area contributed by atoms with Crippen molar-refractivity contribution in [2.24, 2.45) is 11.3 Å². The molecule has 0 N–H and O–H groups in total. The number of rotatable bonds is 8. The maximum Gasteiger partial charge on any atom is 0.350 e. The van der Waals surface area contributed by atoms with E-state index in [0.29, 0.717) is 6.54 Å². The second-order valence-electron chi connectivity index (χ2n) is 6.11. The quantitative estimate of drug-likeness (QED) is 0.503. The van der Waals surface area contributed by atoms with Crippen molar-refractivity contribution in [3.63, 3.8) is 0 Å². The van der Waals surface area contributed by atoms with Gasteiger partial charge >= 0.3 is 7.60 Å². The molecule has 5 nitrogen and oxygen atoms in total. The molecule has 6 heteroatoms. The van der Waals surface area contributed by atoms with E-state index in [-0.39, 0.29) is 19.1 Å². The normalized spacial score (nSPS) is 15.3. The van der Waals surface area contributed by atoms with Crippen molar-refractivity contribution < 1.29 is 18.8 Å². The highest BCUT2D eigenvalue weighted by molar-refractivity contribution is 7.54. The minimum Gasteiger partial charge on any atom is -0.308 e. The number of nitrogens with zero attached hydrogens (tertiary/aromatic N) is 1. The Bertz CT molecular complexity index is 292. The van der Waals surface area contributed by atoms with E-state index in [1.807, 2.05) is 34.6 Å². The molecule has 0 heterocycles. The molecule has 0 fully saturated rings. The Labute approximate surface area is 117 Å². The van der Waals surface area contributed by atoms with E-state index in [1.54, 1.807) is 13.8 Å². The van der Waals surface area contributed by atoms with Crippen LogP contribution in [0.4, 0.5) is 0 Å². The zero-order valence-corrected chi connectivity index (χ0v) is 14.2. The molecule has 0 aromatic heterocycles. The Hall–Kier alpha value is 0.0700. The van der Waals surface area contributed by atoms with E-state index < -0.39 is 18.8 Å². The highest BCUT2D eigenvalue weighted by Crippen LogP contribution is 2.59. The summed E-state index contributed by atoms with van der Waals surface area (Å²) in [5.41, 5.74) is -0.490. The Morgan fingerprint density at radius 1 is 1.11 bits per heavy atom. The number of hydrogen-bond donors (Lipinski definition) is 0. The maximum atomic E-state index is 12.9. The van der Waals surface area contributed by atoms with Crippen LogP contribution in [0.5, 0.6) is 0 Å². The topological polar surface area (TPSA) is 58.7 Å². The summed E-state index contributed by atoms with van der Waals surface area (Å²) in [5.74, 6) is -0.596. The van der Waals surface area contributed by atoms with Crippen molar-refractivity contribution in [1.29, 1.82) is 0 Å². The van der Waals surface area contributed by atoms with E-state index in [2.05, 4.69) is 0 Å². The average Bonchev–Trinajstić information content (AvgIpc) is 2.13. The molecule has 0 saturated carbocycles. The molecule has 0 aromatic rings. The Kier molecular flexibility index (Phi) is 7.78. The first-order valence-corrected chi connectivity index (χ1v) is 8.52. The molecule has 115 valence electrons. The lowest BCUT2D eigenvalue weighted by Gasteiger charge is -2.39. The molecule has 0 saturated heterocycles. The molecule has 0 aliphatic heterocycles. The Balaban J connectivity index is 5.37. The van der Waals surface area contributed by atoms with Gasteiger partial charge in [-0.1, -0.05) is 34.6 Å². The lowest BCUT2D eigenvalue weighted by atomic mass is 9.96. The van der Waals surface area contributed by atoms with Crippen LogP contribution in [0.15, 0.2) is 0 Å². The fourth-order valence-corrected chi connectivity index (χ4v) is 4.50. The van der Waals surface area contributed by atoms with Crippen LogP contribution in [0.3, 0.4) is 0 Å². The van der Waals surface area contributed by atoms with Crippen molar-refractivity contribution in [3.05, 3.63) is 0 Å². The van der Waals surface area contributed by atoms with Crippen molar-refractivity contribution in [3.8, 4) is 0 Å². The molecule has 1 unspecified atom stereocenters. The first-order valence-electron chi connectivity index (χ1n) is 6.91. The molecule has 0 amide bonds. The van der Waals surface area contributed by atoms with Crippen molar-refractivity contribution in [2.45, 2.75) is 54.2 Å². The zero-order valence-electron chi connectivity index (χ0n) is 13.3. The summed E-state index contributed by atoms with van der Waals surface area (Å²) >= 11 is 0. The molecule has 0 rings (SSSR count). The summed E-state index contributed by atoms with van der Waals surface area (Å²) < 4.78 is 23.6. The number of hydrogen-bond acceptors (Lipinski definition) is 4. The van der Waals surface area contributed by atoms with E-state index >= 15 is 0 Å². The number of hydroxylamine groups is 2. The van der Waals surface area contributed by atoms with Crippen molar-refractivity contribution in [2.75, 3.05) is 19.8 Å². The third-order valence-corrected chi connectivity index (χ3v) is 5.38. The predicted molar refractivity (Wildman–Crippen MR) is 76.3 cm³/mol. The van der Waals surface area contributed by atoms with Crippen LogP contribution in [0.1, 0.15) is 48.5 Å². The summed E-state index contributed by atoms with van der Waals surface area (Å²) in [7, 11) is -3.45. The Morgan fingerprint density at radius 3 is 1.79 bits per heavy atom. The molecular weight excluding hydrogens is 265 g/mol. The average molecular weight is 294 g/mol. The molecule has 19 heavy (non-hydrogen) atoms. The van der Waals surface area contributed by atoms with Crippen LogP contribution in [-0.2, 0) is 18.8 Å². The first kappa shape index (κ1) is 19.1. The molecule has 1 atom stereocenters. The second kappa shape index (κ2) is 7.75.